The van der Waals surface area contributed by atoms with E-state index >= 15 is 0 Å². The number of ether oxygens (including phenoxy) is 2. The number of benzene rings is 1. The predicted octanol–water partition coefficient (Wildman–Crippen LogP) is 5.95. The van der Waals surface area contributed by atoms with Crippen LogP contribution in [0.4, 0.5) is 0 Å². The molecule has 0 bridgehead atoms. The van der Waals surface area contributed by atoms with Crippen molar-refractivity contribution in [2.24, 2.45) is 0 Å². The Labute approximate surface area is 142 Å². The molecule has 1 rings (SSSR count). The second-order valence-corrected chi connectivity index (χ2v) is 6.57. The Bertz CT molecular complexity index is 457. The molecule has 0 saturated carbocycles. The van der Waals surface area contributed by atoms with Crippen LogP contribution in [0.25, 0.3) is 0 Å². The molecule has 23 heavy (non-hydrogen) atoms. The fourth-order valence-electron chi connectivity index (χ4n) is 2.70. The Kier molecular flexibility index (Phi) is 9.01. The predicted molar refractivity (Wildman–Crippen MR) is 99.2 cm³/mol. The van der Waals surface area contributed by atoms with Crippen molar-refractivity contribution in [2.75, 3.05) is 13.2 Å². The molecule has 0 aliphatic carbocycles. The van der Waals surface area contributed by atoms with E-state index < -0.39 is 0 Å². The van der Waals surface area contributed by atoms with Crippen molar-refractivity contribution < 1.29 is 9.47 Å². The van der Waals surface area contributed by atoms with Crippen molar-refractivity contribution in [3.63, 3.8) is 0 Å². The van der Waals surface area contributed by atoms with Gasteiger partial charge in [-0.1, -0.05) is 31.6 Å². The summed E-state index contributed by atoms with van der Waals surface area (Å²) in [6.45, 7) is 12.2. The van der Waals surface area contributed by atoms with E-state index in [0.29, 0.717) is 6.61 Å². The molecule has 2 heteroatoms. The van der Waals surface area contributed by atoms with Crippen LogP contribution in [-0.2, 0) is 11.2 Å². The van der Waals surface area contributed by atoms with E-state index in [1.807, 2.05) is 0 Å². The maximum Gasteiger partial charge on any atom is 0.119 e. The van der Waals surface area contributed by atoms with Crippen LogP contribution in [0, 0.1) is 0 Å². The van der Waals surface area contributed by atoms with Gasteiger partial charge in [-0.2, -0.15) is 0 Å². The third-order valence-corrected chi connectivity index (χ3v) is 4.22. The zero-order chi connectivity index (χ0) is 17.1. The third kappa shape index (κ3) is 8.22. The van der Waals surface area contributed by atoms with E-state index in [2.05, 4.69) is 65.0 Å². The van der Waals surface area contributed by atoms with Crippen LogP contribution >= 0.6 is 0 Å². The maximum absolute atomic E-state index is 5.82. The van der Waals surface area contributed by atoms with E-state index in [4.69, 9.17) is 9.47 Å². The molecule has 1 aromatic rings. The van der Waals surface area contributed by atoms with Gasteiger partial charge in [0, 0.05) is 6.61 Å². The lowest BCUT2D eigenvalue weighted by molar-refractivity contribution is -0.0173. The van der Waals surface area contributed by atoms with Gasteiger partial charge >= 0.3 is 0 Å². The van der Waals surface area contributed by atoms with Gasteiger partial charge in [0.15, 0.2) is 0 Å². The van der Waals surface area contributed by atoms with E-state index in [1.54, 1.807) is 0 Å². The second kappa shape index (κ2) is 10.5. The minimum atomic E-state index is -0.00880. The van der Waals surface area contributed by atoms with Crippen LogP contribution in [0.5, 0.6) is 5.75 Å². The molecule has 0 radical (unpaired) electrons. The third-order valence-electron chi connectivity index (χ3n) is 4.22. The highest BCUT2D eigenvalue weighted by Gasteiger charge is 2.16. The van der Waals surface area contributed by atoms with E-state index in [1.165, 1.54) is 11.1 Å². The SMILES string of the molecule is CCOC(C)(C)CCCC(=CCOc1ccc(CC)cc1)CC. The molecule has 0 saturated heterocycles. The molecule has 0 fully saturated rings. The molecule has 0 heterocycles. The lowest BCUT2D eigenvalue weighted by atomic mass is 9.97. The van der Waals surface area contributed by atoms with E-state index in [0.717, 1.165) is 44.5 Å². The summed E-state index contributed by atoms with van der Waals surface area (Å²) in [7, 11) is 0. The van der Waals surface area contributed by atoms with E-state index in [9.17, 15) is 0 Å². The molecule has 0 amide bonds. The Morgan fingerprint density at radius 2 is 1.78 bits per heavy atom. The highest BCUT2D eigenvalue weighted by atomic mass is 16.5. The van der Waals surface area contributed by atoms with Crippen molar-refractivity contribution in [1.82, 2.24) is 0 Å². The molecule has 0 atom stereocenters. The monoisotopic (exact) mass is 318 g/mol. The first-order valence-corrected chi connectivity index (χ1v) is 9.04. The number of hydrogen-bond acceptors (Lipinski definition) is 2. The summed E-state index contributed by atoms with van der Waals surface area (Å²) in [4.78, 5) is 0. The first-order chi connectivity index (χ1) is 11.0. The highest BCUT2D eigenvalue weighted by Crippen LogP contribution is 2.21. The molecule has 1 aromatic carbocycles. The smallest absolute Gasteiger partial charge is 0.119 e. The highest BCUT2D eigenvalue weighted by molar-refractivity contribution is 5.27. The van der Waals surface area contributed by atoms with Gasteiger partial charge in [-0.25, -0.2) is 0 Å². The van der Waals surface area contributed by atoms with Gasteiger partial charge in [0.05, 0.1) is 5.60 Å². The standard InChI is InChI=1S/C21H34O2/c1-6-18(10-9-16-21(4,5)23-8-3)15-17-22-20-13-11-19(7-2)12-14-20/h11-15H,6-10,16-17H2,1-5H3. The summed E-state index contributed by atoms with van der Waals surface area (Å²) in [6, 6.07) is 8.39. The van der Waals surface area contributed by atoms with Gasteiger partial charge in [0.1, 0.15) is 12.4 Å². The molecule has 0 aliphatic rings. The fraction of sp³-hybridized carbons (Fsp3) is 0.619. The van der Waals surface area contributed by atoms with Gasteiger partial charge in [0.25, 0.3) is 0 Å². The summed E-state index contributed by atoms with van der Waals surface area (Å²) < 4.78 is 11.6. The molecular weight excluding hydrogens is 284 g/mol. The Morgan fingerprint density at radius 3 is 2.35 bits per heavy atom. The van der Waals surface area contributed by atoms with E-state index in [-0.39, 0.29) is 5.60 Å². The van der Waals surface area contributed by atoms with Crippen LogP contribution in [-0.4, -0.2) is 18.8 Å². The summed E-state index contributed by atoms with van der Waals surface area (Å²) in [6.07, 6.45) is 7.79. The van der Waals surface area contributed by atoms with Gasteiger partial charge in [-0.3, -0.25) is 0 Å². The normalized spacial score (nSPS) is 12.5. The lowest BCUT2D eigenvalue weighted by Gasteiger charge is -2.24. The van der Waals surface area contributed by atoms with Crippen LogP contribution in [0.2, 0.25) is 0 Å². The number of aryl methyl sites for hydroxylation is 1. The van der Waals surface area contributed by atoms with Gasteiger partial charge in [-0.05, 0) is 76.6 Å². The molecule has 0 aliphatic heterocycles. The minimum absolute atomic E-state index is 0.00880. The number of allylic oxidation sites excluding steroid dienone is 1. The summed E-state index contributed by atoms with van der Waals surface area (Å²) >= 11 is 0. The van der Waals surface area contributed by atoms with Crippen LogP contribution in [0.3, 0.4) is 0 Å². The fourth-order valence-corrected chi connectivity index (χ4v) is 2.70. The number of hydrogen-bond donors (Lipinski definition) is 0. The quantitative estimate of drug-likeness (QED) is 0.469. The van der Waals surface area contributed by atoms with Crippen molar-refractivity contribution in [3.05, 3.63) is 41.5 Å². The Hall–Kier alpha value is -1.28. The molecule has 130 valence electrons. The zero-order valence-electron chi connectivity index (χ0n) is 15.7. The largest absolute Gasteiger partial charge is 0.490 e. The van der Waals surface area contributed by atoms with Crippen LogP contribution in [0.15, 0.2) is 35.9 Å². The van der Waals surface area contributed by atoms with Crippen LogP contribution < -0.4 is 4.74 Å². The van der Waals surface area contributed by atoms with Gasteiger partial charge in [-0.15, -0.1) is 0 Å². The summed E-state index contributed by atoms with van der Waals surface area (Å²) in [5.74, 6) is 0.950. The van der Waals surface area contributed by atoms with Crippen molar-refractivity contribution in [2.45, 2.75) is 72.3 Å². The van der Waals surface area contributed by atoms with Crippen molar-refractivity contribution in [3.8, 4) is 5.75 Å². The van der Waals surface area contributed by atoms with Gasteiger partial charge < -0.3 is 9.47 Å². The molecule has 2 nitrogen and oxygen atoms in total. The van der Waals surface area contributed by atoms with Crippen molar-refractivity contribution >= 4 is 0 Å². The molecule has 0 N–H and O–H groups in total. The average molecular weight is 319 g/mol. The minimum Gasteiger partial charge on any atom is -0.490 e. The molecular formula is C21H34O2. The Morgan fingerprint density at radius 1 is 1.09 bits per heavy atom. The average Bonchev–Trinajstić information content (AvgIpc) is 2.53. The molecule has 0 aromatic heterocycles. The van der Waals surface area contributed by atoms with Crippen LogP contribution in [0.1, 0.15) is 65.9 Å². The maximum atomic E-state index is 5.82. The molecule has 0 spiro atoms. The summed E-state index contributed by atoms with van der Waals surface area (Å²) in [5.41, 5.74) is 2.81. The number of rotatable bonds is 11. The topological polar surface area (TPSA) is 18.5 Å². The Balaban J connectivity index is 2.37. The first kappa shape index (κ1) is 19.8. The molecule has 0 unspecified atom stereocenters. The van der Waals surface area contributed by atoms with Gasteiger partial charge in [0.2, 0.25) is 0 Å². The summed E-state index contributed by atoms with van der Waals surface area (Å²) in [5, 5.41) is 0. The second-order valence-electron chi connectivity index (χ2n) is 6.57. The van der Waals surface area contributed by atoms with Crippen molar-refractivity contribution in [1.29, 1.82) is 0 Å². The lowest BCUT2D eigenvalue weighted by Crippen LogP contribution is -2.24. The zero-order valence-corrected chi connectivity index (χ0v) is 15.7. The first-order valence-electron chi connectivity index (χ1n) is 9.04.